The minimum atomic E-state index is -4.82. The van der Waals surface area contributed by atoms with Crippen molar-refractivity contribution in [3.05, 3.63) is 48.5 Å². The molecule has 2 N–H and O–H groups in total. The molecule has 0 atom stereocenters. The molecule has 0 saturated heterocycles. The summed E-state index contributed by atoms with van der Waals surface area (Å²) in [7, 11) is 3.92. The Bertz CT molecular complexity index is 687. The van der Waals surface area contributed by atoms with E-state index in [0.29, 0.717) is 11.4 Å². The van der Waals surface area contributed by atoms with E-state index in [9.17, 15) is 3.74 Å². The van der Waals surface area contributed by atoms with Gasteiger partial charge in [0.15, 0.2) is 0 Å². The molecule has 0 aliphatic heterocycles. The Balaban J connectivity index is 0.00000242. The summed E-state index contributed by atoms with van der Waals surface area (Å²) in [6, 6.07) is 13.4. The maximum atomic E-state index is 11.1. The van der Waals surface area contributed by atoms with Gasteiger partial charge in [-0.25, -0.2) is 0 Å². The summed E-state index contributed by atoms with van der Waals surface area (Å²) in [5.41, 5.74) is 2.32. The summed E-state index contributed by atoms with van der Waals surface area (Å²) in [6.07, 6.45) is 0. The normalized spacial score (nSPS) is 11.3. The van der Waals surface area contributed by atoms with Crippen molar-refractivity contribution in [3.63, 3.8) is 0 Å². The third kappa shape index (κ3) is 5.00. The zero-order valence-electron chi connectivity index (χ0n) is 13.1. The molecule has 0 unspecified atom stereocenters. The van der Waals surface area contributed by atoms with E-state index in [1.807, 2.05) is 43.3 Å². The number of halogens is 1. The van der Waals surface area contributed by atoms with Gasteiger partial charge in [-0.05, 0) is 0 Å². The molecule has 118 valence electrons. The maximum Gasteiger partial charge on any atom is 1.00 e. The number of rotatable bonds is 4. The Morgan fingerprint density at radius 1 is 0.909 bits per heavy atom. The van der Waals surface area contributed by atoms with Crippen molar-refractivity contribution in [2.75, 3.05) is 19.0 Å². The summed E-state index contributed by atoms with van der Waals surface area (Å²) in [5, 5.41) is 8.13. The van der Waals surface area contributed by atoms with E-state index in [2.05, 4.69) is 10.2 Å². The smallest absolute Gasteiger partial charge is 1.00 e. The second kappa shape index (κ2) is 7.60. The van der Waals surface area contributed by atoms with Gasteiger partial charge in [0.1, 0.15) is 0 Å². The summed E-state index contributed by atoms with van der Waals surface area (Å²) in [4.78, 5) is 1.99. The molecule has 0 aliphatic carbocycles. The monoisotopic (exact) mass is 385 g/mol. The number of azo groups is 1. The third-order valence-corrected chi connectivity index (χ3v) is 4.87. The van der Waals surface area contributed by atoms with Crippen molar-refractivity contribution in [3.8, 4) is 0 Å². The number of anilines is 1. The first kappa shape index (κ1) is 18.5. The Morgan fingerprint density at radius 2 is 1.32 bits per heavy atom. The molecule has 2 aromatic carbocycles. The first-order valence-electron chi connectivity index (χ1n) is 6.21. The van der Waals surface area contributed by atoms with Gasteiger partial charge in [0.2, 0.25) is 0 Å². The van der Waals surface area contributed by atoms with Crippen LogP contribution < -0.4 is 21.7 Å². The van der Waals surface area contributed by atoms with E-state index in [-0.39, 0.29) is 18.2 Å². The van der Waals surface area contributed by atoms with E-state index < -0.39 is 14.2 Å². The summed E-state index contributed by atoms with van der Waals surface area (Å²) < 4.78 is 29.3. The van der Waals surface area contributed by atoms with Gasteiger partial charge in [-0.15, -0.1) is 0 Å². The van der Waals surface area contributed by atoms with Gasteiger partial charge < -0.3 is 12.4 Å². The van der Waals surface area contributed by atoms with Gasteiger partial charge in [0.05, 0.1) is 0 Å². The molecule has 0 bridgehead atoms. The van der Waals surface area contributed by atoms with Crippen molar-refractivity contribution in [2.45, 2.75) is 0 Å². The predicted molar refractivity (Wildman–Crippen MR) is 83.0 cm³/mol. The van der Waals surface area contributed by atoms with Crippen LogP contribution in [0, 0.1) is 0 Å². The average Bonchev–Trinajstić information content (AvgIpc) is 2.45. The minimum absolute atomic E-state index is 0. The SMILES string of the molecule is CN(C)c1ccc(N=Nc2ccc([As](=O)(O)O)cc2)cc1.[Cl-].[H+]. The molecule has 0 fully saturated rings. The first-order chi connectivity index (χ1) is 9.86. The van der Waals surface area contributed by atoms with Crippen LogP contribution in [-0.2, 0) is 3.74 Å². The summed E-state index contributed by atoms with van der Waals surface area (Å²) in [6.45, 7) is 0. The molecule has 0 aromatic heterocycles. The van der Waals surface area contributed by atoms with Gasteiger partial charge in [-0.2, -0.15) is 0 Å². The largest absolute Gasteiger partial charge is 1.00 e. The van der Waals surface area contributed by atoms with Gasteiger partial charge in [-0.1, -0.05) is 0 Å². The van der Waals surface area contributed by atoms with Crippen LogP contribution in [0.3, 0.4) is 0 Å². The van der Waals surface area contributed by atoms with Crippen molar-refractivity contribution < 1.29 is 25.8 Å². The van der Waals surface area contributed by atoms with Crippen LogP contribution in [0.1, 0.15) is 1.43 Å². The van der Waals surface area contributed by atoms with Crippen LogP contribution in [-0.4, -0.2) is 36.5 Å². The van der Waals surface area contributed by atoms with Crippen molar-refractivity contribution in [1.29, 1.82) is 0 Å². The van der Waals surface area contributed by atoms with Gasteiger partial charge in [-0.3, -0.25) is 0 Å². The molecule has 8 heteroatoms. The molecule has 6 nitrogen and oxygen atoms in total. The minimum Gasteiger partial charge on any atom is -1.00 e. The van der Waals surface area contributed by atoms with Crippen LogP contribution in [0.2, 0.25) is 0 Å². The molecule has 2 rings (SSSR count). The van der Waals surface area contributed by atoms with E-state index in [1.165, 1.54) is 24.3 Å². The third-order valence-electron chi connectivity index (χ3n) is 2.83. The fourth-order valence-corrected chi connectivity index (χ4v) is 2.77. The fourth-order valence-electron chi connectivity index (χ4n) is 1.65. The molecule has 0 radical (unpaired) electrons. The molecular weight excluding hydrogens is 369 g/mol. The van der Waals surface area contributed by atoms with E-state index in [1.54, 1.807) is 0 Å². The number of hydrogen-bond donors (Lipinski definition) is 2. The molecule has 0 heterocycles. The van der Waals surface area contributed by atoms with Crippen molar-refractivity contribution in [2.24, 2.45) is 10.2 Å². The van der Waals surface area contributed by atoms with Crippen LogP contribution in [0.4, 0.5) is 17.1 Å². The van der Waals surface area contributed by atoms with Crippen molar-refractivity contribution in [1.82, 2.24) is 0 Å². The zero-order valence-corrected chi connectivity index (χ0v) is 14.7. The second-order valence-electron chi connectivity index (χ2n) is 4.67. The molecule has 0 amide bonds. The summed E-state index contributed by atoms with van der Waals surface area (Å²) >= 11 is -4.82. The van der Waals surface area contributed by atoms with Crippen LogP contribution >= 0.6 is 0 Å². The fraction of sp³-hybridized carbons (Fsp3) is 0.143. The second-order valence-corrected chi connectivity index (χ2v) is 8.04. The molecule has 0 spiro atoms. The Morgan fingerprint density at radius 3 is 1.68 bits per heavy atom. The number of hydrogen-bond acceptors (Lipinski definition) is 4. The first-order valence-corrected chi connectivity index (χ1v) is 9.60. The quantitative estimate of drug-likeness (QED) is 0.514. The zero-order chi connectivity index (χ0) is 15.5. The molecular formula is C14H17AsClN3O3. The van der Waals surface area contributed by atoms with Crippen LogP contribution in [0.5, 0.6) is 0 Å². The maximum absolute atomic E-state index is 11.1. The van der Waals surface area contributed by atoms with Crippen molar-refractivity contribution >= 4 is 35.6 Å². The molecule has 2 aromatic rings. The van der Waals surface area contributed by atoms with Gasteiger partial charge in [0, 0.05) is 0 Å². The van der Waals surface area contributed by atoms with Gasteiger partial charge in [0.25, 0.3) is 0 Å². The van der Waals surface area contributed by atoms with E-state index >= 15 is 0 Å². The van der Waals surface area contributed by atoms with Crippen LogP contribution in [0.15, 0.2) is 58.8 Å². The molecule has 0 saturated carbocycles. The van der Waals surface area contributed by atoms with E-state index in [0.717, 1.165) is 5.69 Å². The Kier molecular flexibility index (Phi) is 6.38. The summed E-state index contributed by atoms with van der Waals surface area (Å²) in [5.74, 6) is 0. The Hall–Kier alpha value is -1.59. The van der Waals surface area contributed by atoms with Gasteiger partial charge >= 0.3 is 127 Å². The predicted octanol–water partition coefficient (Wildman–Crippen LogP) is -1.15. The number of nitrogens with zero attached hydrogens (tertiary/aromatic N) is 3. The van der Waals surface area contributed by atoms with Crippen LogP contribution in [0.25, 0.3) is 0 Å². The average molecular weight is 386 g/mol. The topological polar surface area (TPSA) is 85.5 Å². The molecule has 0 aliphatic rings. The number of benzene rings is 2. The Labute approximate surface area is 139 Å². The standard InChI is InChI=1S/C14H16AsN3O3.ClH/c1-18(2)14-9-7-13(8-10-14)17-16-12-5-3-11(4-6-12)15(19,20)21;/h3-10H,1-2H3,(H2,19,20,21);1H. The van der Waals surface area contributed by atoms with E-state index in [4.69, 9.17) is 8.19 Å². The molecule has 22 heavy (non-hydrogen) atoms.